The summed E-state index contributed by atoms with van der Waals surface area (Å²) in [5.74, 6) is 3.79. The molecule has 2 aromatic carbocycles. The Balaban J connectivity index is 1.35. The molecule has 1 aliphatic carbocycles. The van der Waals surface area contributed by atoms with Gasteiger partial charge in [-0.25, -0.2) is 4.98 Å². The van der Waals surface area contributed by atoms with Crippen LogP contribution >= 0.6 is 11.3 Å². The van der Waals surface area contributed by atoms with Gasteiger partial charge in [0.1, 0.15) is 10.7 Å². The van der Waals surface area contributed by atoms with Crippen molar-refractivity contribution in [1.29, 1.82) is 0 Å². The molecule has 0 spiro atoms. The molecule has 1 aliphatic rings. The molecule has 0 bridgehead atoms. The number of nitrogens with two attached hydrogens (primary N) is 1. The molecule has 5 rings (SSSR count). The number of carbonyl (C=O) groups is 1. The number of anilines is 4. The van der Waals surface area contributed by atoms with Crippen LogP contribution < -0.4 is 30.6 Å². The maximum absolute atomic E-state index is 13.1. The van der Waals surface area contributed by atoms with Crippen molar-refractivity contribution in [2.45, 2.75) is 34.1 Å². The number of amides is 1. The lowest BCUT2D eigenvalue weighted by atomic mass is 9.90. The van der Waals surface area contributed by atoms with Crippen LogP contribution in [0.4, 0.5) is 22.3 Å². The van der Waals surface area contributed by atoms with E-state index in [1.807, 2.05) is 25.1 Å². The largest absolute Gasteiger partial charge is 0.493 e. The summed E-state index contributed by atoms with van der Waals surface area (Å²) < 4.78 is 21.9. The molecular weight excluding hydrogens is 556 g/mol. The first-order valence-corrected chi connectivity index (χ1v) is 14.5. The first kappa shape index (κ1) is 29.2. The molecule has 0 unspecified atom stereocenters. The molecule has 2 aromatic heterocycles. The Hall–Kier alpha value is -4.32. The number of thiazole rings is 1. The standard InChI is InChI=1S/C30H36N6O5S/c1-14-8-9-18(32-28(37)21-10-15(2)16(3)17(21)4)11-20(14)27-35-29(41-36-27)25-26(31)34-30(42-25)33-19-12-22(38-5)24(40-7)23(13-19)39-6/h8-9,11-13,15-17,21H,10,31H2,1-7H3,(H,32,37)(H,33,34)/t15-,16-,17-,21+/m1/s1. The topological polar surface area (TPSA) is 147 Å². The Labute approximate surface area is 248 Å². The zero-order valence-electron chi connectivity index (χ0n) is 24.8. The van der Waals surface area contributed by atoms with E-state index in [0.717, 1.165) is 17.5 Å². The van der Waals surface area contributed by atoms with Gasteiger partial charge in [0.25, 0.3) is 5.89 Å². The van der Waals surface area contributed by atoms with E-state index >= 15 is 0 Å². The molecule has 0 aliphatic heterocycles. The van der Waals surface area contributed by atoms with Gasteiger partial charge in [0.2, 0.25) is 17.5 Å². The molecule has 2 heterocycles. The fourth-order valence-corrected chi connectivity index (χ4v) is 6.30. The van der Waals surface area contributed by atoms with Gasteiger partial charge in [0.05, 0.1) is 21.3 Å². The van der Waals surface area contributed by atoms with E-state index in [9.17, 15) is 4.79 Å². The second-order valence-corrected chi connectivity index (χ2v) is 11.8. The molecule has 11 nitrogen and oxygen atoms in total. The van der Waals surface area contributed by atoms with E-state index in [-0.39, 0.29) is 23.5 Å². The maximum atomic E-state index is 13.1. The van der Waals surface area contributed by atoms with Crippen molar-refractivity contribution in [3.05, 3.63) is 35.9 Å². The molecule has 1 amide bonds. The molecule has 0 radical (unpaired) electrons. The van der Waals surface area contributed by atoms with Crippen molar-refractivity contribution in [3.63, 3.8) is 0 Å². The highest BCUT2D eigenvalue weighted by Gasteiger charge is 2.39. The van der Waals surface area contributed by atoms with Crippen molar-refractivity contribution in [2.75, 3.05) is 37.7 Å². The normalized spacial score (nSPS) is 19.9. The number of nitrogens with one attached hydrogen (secondary N) is 2. The Morgan fingerprint density at radius 3 is 2.33 bits per heavy atom. The molecule has 0 saturated heterocycles. The van der Waals surface area contributed by atoms with Gasteiger partial charge in [-0.1, -0.05) is 43.3 Å². The number of carbonyl (C=O) groups excluding carboxylic acids is 1. The maximum Gasteiger partial charge on any atom is 0.272 e. The third-order valence-corrected chi connectivity index (χ3v) is 9.23. The fourth-order valence-electron chi connectivity index (χ4n) is 5.48. The van der Waals surface area contributed by atoms with Crippen LogP contribution in [-0.2, 0) is 4.79 Å². The molecule has 4 atom stereocenters. The lowest BCUT2D eigenvalue weighted by Crippen LogP contribution is -2.25. The number of aromatic nitrogens is 3. The number of benzene rings is 2. The number of nitrogens with zero attached hydrogens (tertiary/aromatic N) is 3. The molecule has 4 aromatic rings. The number of hydrogen-bond donors (Lipinski definition) is 3. The van der Waals surface area contributed by atoms with Crippen LogP contribution in [0.3, 0.4) is 0 Å². The van der Waals surface area contributed by atoms with Crippen molar-refractivity contribution in [2.24, 2.45) is 23.7 Å². The van der Waals surface area contributed by atoms with Gasteiger partial charge in [0.15, 0.2) is 16.6 Å². The van der Waals surface area contributed by atoms with Gasteiger partial charge in [-0.15, -0.1) is 0 Å². The molecule has 1 fully saturated rings. The third kappa shape index (κ3) is 5.58. The number of rotatable bonds is 9. The average molecular weight is 593 g/mol. The minimum absolute atomic E-state index is 0.00581. The van der Waals surface area contributed by atoms with Gasteiger partial charge in [-0.05, 0) is 48.8 Å². The average Bonchev–Trinajstić information content (AvgIpc) is 3.67. The van der Waals surface area contributed by atoms with E-state index in [1.165, 1.54) is 11.3 Å². The molecule has 1 saturated carbocycles. The van der Waals surface area contributed by atoms with Crippen LogP contribution in [0.25, 0.3) is 22.2 Å². The minimum Gasteiger partial charge on any atom is -0.493 e. The minimum atomic E-state index is -0.00581. The SMILES string of the molecule is COc1cc(Nc2nc(N)c(-c3nc(-c4cc(NC(=O)[C@H]5C[C@@H](C)[C@@H](C)[C@H]5C)ccc4C)no3)s2)cc(OC)c1OC. The summed E-state index contributed by atoms with van der Waals surface area (Å²) in [6.07, 6.45) is 0.897. The Kier molecular flexibility index (Phi) is 8.26. The van der Waals surface area contributed by atoms with Gasteiger partial charge < -0.3 is 35.1 Å². The zero-order valence-corrected chi connectivity index (χ0v) is 25.6. The monoisotopic (exact) mass is 592 g/mol. The summed E-state index contributed by atoms with van der Waals surface area (Å²) in [6, 6.07) is 9.25. The number of hydrogen-bond acceptors (Lipinski definition) is 11. The van der Waals surface area contributed by atoms with E-state index < -0.39 is 0 Å². The van der Waals surface area contributed by atoms with E-state index in [0.29, 0.717) is 62.2 Å². The highest BCUT2D eigenvalue weighted by Crippen LogP contribution is 2.43. The zero-order chi connectivity index (χ0) is 30.1. The predicted octanol–water partition coefficient (Wildman–Crippen LogP) is 6.39. The van der Waals surface area contributed by atoms with E-state index in [2.05, 4.69) is 46.5 Å². The van der Waals surface area contributed by atoms with Crippen LogP contribution in [0.5, 0.6) is 17.2 Å². The second-order valence-electron chi connectivity index (χ2n) is 10.8. The lowest BCUT2D eigenvalue weighted by molar-refractivity contribution is -0.120. The number of aryl methyl sites for hydroxylation is 1. The summed E-state index contributed by atoms with van der Waals surface area (Å²) in [4.78, 5) is 22.7. The highest BCUT2D eigenvalue weighted by atomic mass is 32.1. The molecule has 4 N–H and O–H groups in total. The van der Waals surface area contributed by atoms with Crippen molar-refractivity contribution in [3.8, 4) is 39.4 Å². The van der Waals surface area contributed by atoms with Crippen LogP contribution in [0.15, 0.2) is 34.9 Å². The molecule has 42 heavy (non-hydrogen) atoms. The summed E-state index contributed by atoms with van der Waals surface area (Å²) in [6.45, 7) is 8.56. The Morgan fingerprint density at radius 2 is 1.71 bits per heavy atom. The van der Waals surface area contributed by atoms with Gasteiger partial charge >= 0.3 is 0 Å². The van der Waals surface area contributed by atoms with E-state index in [1.54, 1.807) is 33.5 Å². The highest BCUT2D eigenvalue weighted by molar-refractivity contribution is 7.19. The number of ether oxygens (including phenoxy) is 3. The van der Waals surface area contributed by atoms with Crippen LogP contribution in [-0.4, -0.2) is 42.4 Å². The summed E-state index contributed by atoms with van der Waals surface area (Å²) in [7, 11) is 4.65. The smallest absolute Gasteiger partial charge is 0.272 e. The molecule has 222 valence electrons. The quantitative estimate of drug-likeness (QED) is 0.200. The Morgan fingerprint density at radius 1 is 1.00 bits per heavy atom. The van der Waals surface area contributed by atoms with Crippen LogP contribution in [0.2, 0.25) is 0 Å². The summed E-state index contributed by atoms with van der Waals surface area (Å²) in [5.41, 5.74) is 9.31. The summed E-state index contributed by atoms with van der Waals surface area (Å²) in [5, 5.41) is 11.1. The third-order valence-electron chi connectivity index (χ3n) is 8.26. The van der Waals surface area contributed by atoms with Crippen molar-refractivity contribution in [1.82, 2.24) is 15.1 Å². The van der Waals surface area contributed by atoms with Crippen LogP contribution in [0.1, 0.15) is 32.8 Å². The number of methoxy groups -OCH3 is 3. The van der Waals surface area contributed by atoms with Crippen molar-refractivity contribution < 1.29 is 23.5 Å². The van der Waals surface area contributed by atoms with E-state index in [4.69, 9.17) is 24.5 Å². The number of nitrogen functional groups attached to an aromatic ring is 1. The molecule has 12 heteroatoms. The van der Waals surface area contributed by atoms with Crippen LogP contribution in [0, 0.1) is 30.6 Å². The van der Waals surface area contributed by atoms with Gasteiger partial charge in [-0.2, -0.15) is 4.98 Å². The lowest BCUT2D eigenvalue weighted by Gasteiger charge is -2.18. The van der Waals surface area contributed by atoms with Crippen molar-refractivity contribution >= 4 is 39.6 Å². The second kappa shape index (κ2) is 11.9. The predicted molar refractivity (Wildman–Crippen MR) is 164 cm³/mol. The molecular formula is C30H36N6O5S. The fraction of sp³-hybridized carbons (Fsp3) is 0.400. The van der Waals surface area contributed by atoms with Gasteiger partial charge in [0, 0.05) is 35.0 Å². The summed E-state index contributed by atoms with van der Waals surface area (Å²) >= 11 is 1.27. The Bertz CT molecular complexity index is 1580. The first-order chi connectivity index (χ1) is 20.1. The van der Waals surface area contributed by atoms with Gasteiger partial charge in [-0.3, -0.25) is 4.79 Å². The first-order valence-electron chi connectivity index (χ1n) is 13.7.